The first-order chi connectivity index (χ1) is 11.2. The Morgan fingerprint density at radius 2 is 2.33 bits per heavy atom. The van der Waals surface area contributed by atoms with E-state index in [9.17, 15) is 19.6 Å². The predicted molar refractivity (Wildman–Crippen MR) is 87.1 cm³/mol. The molecule has 11 heteroatoms. The molecule has 0 aliphatic carbocycles. The Labute approximate surface area is 139 Å². The summed E-state index contributed by atoms with van der Waals surface area (Å²) in [7, 11) is -3.17. The van der Waals surface area contributed by atoms with E-state index >= 15 is 0 Å². The quantitative estimate of drug-likeness (QED) is 0.499. The Morgan fingerprint density at radius 3 is 2.83 bits per heavy atom. The highest BCUT2D eigenvalue weighted by Gasteiger charge is 2.48. The number of nitrogen functional groups attached to an aromatic ring is 1. The van der Waals surface area contributed by atoms with Crippen LogP contribution in [0.3, 0.4) is 0 Å². The number of aliphatic carboxylic acids is 1. The lowest BCUT2D eigenvalue weighted by Gasteiger charge is -2.30. The standard InChI is InChI=1S/C13H21N4O6P/c1-8(2)11(12(18)19)16-24(21)7-22-9(6-23-24)5-17-4-3-10(14)15-13(17)20/h3-4,8-9,11,16,21H,5-7H2,1-2H3,(H2-,14,15,18,19,20)/p+1/t9-,11-,24?/m0/s1. The fraction of sp³-hybridized carbons (Fsp3) is 0.615. The third kappa shape index (κ3) is 4.71. The fourth-order valence-electron chi connectivity index (χ4n) is 2.19. The molecule has 1 saturated heterocycles. The molecule has 0 bridgehead atoms. The molecule has 1 aliphatic rings. The van der Waals surface area contributed by atoms with Gasteiger partial charge in [0.25, 0.3) is 0 Å². The number of carbonyl (C=O) groups is 1. The zero-order chi connectivity index (χ0) is 17.9. The zero-order valence-electron chi connectivity index (χ0n) is 13.5. The highest BCUT2D eigenvalue weighted by molar-refractivity contribution is 7.63. The smallest absolute Gasteiger partial charge is 0.371 e. The Hall–Kier alpha value is -1.58. The molecule has 0 amide bonds. The second kappa shape index (κ2) is 7.54. The summed E-state index contributed by atoms with van der Waals surface area (Å²) in [5.41, 5.74) is 4.92. The molecule has 5 N–H and O–H groups in total. The summed E-state index contributed by atoms with van der Waals surface area (Å²) in [5, 5.41) is 11.8. The van der Waals surface area contributed by atoms with E-state index in [1.807, 2.05) is 0 Å². The van der Waals surface area contributed by atoms with E-state index in [0.717, 1.165) is 0 Å². The van der Waals surface area contributed by atoms with Crippen molar-refractivity contribution in [2.24, 2.45) is 5.92 Å². The first kappa shape index (κ1) is 18.8. The van der Waals surface area contributed by atoms with Crippen molar-refractivity contribution in [2.75, 3.05) is 18.7 Å². The number of aromatic nitrogens is 2. The van der Waals surface area contributed by atoms with Gasteiger partial charge >= 0.3 is 19.5 Å². The van der Waals surface area contributed by atoms with Crippen LogP contribution in [0.5, 0.6) is 0 Å². The number of ether oxygens (including phenoxy) is 1. The lowest BCUT2D eigenvalue weighted by Crippen LogP contribution is -2.45. The van der Waals surface area contributed by atoms with Crippen LogP contribution >= 0.6 is 7.87 Å². The molecule has 1 aliphatic heterocycles. The molecule has 1 fully saturated rings. The van der Waals surface area contributed by atoms with Crippen molar-refractivity contribution >= 4 is 19.7 Å². The van der Waals surface area contributed by atoms with Crippen molar-refractivity contribution in [3.63, 3.8) is 0 Å². The number of carboxylic acid groups (broad SMARTS) is 1. The van der Waals surface area contributed by atoms with Crippen molar-refractivity contribution in [2.45, 2.75) is 32.5 Å². The number of carboxylic acids is 1. The van der Waals surface area contributed by atoms with Gasteiger partial charge in [0.05, 0.1) is 6.54 Å². The maximum atomic E-state index is 11.7. The minimum atomic E-state index is -3.17. The lowest BCUT2D eigenvalue weighted by molar-refractivity contribution is -0.140. The summed E-state index contributed by atoms with van der Waals surface area (Å²) in [4.78, 5) is 36.9. The number of rotatable bonds is 6. The maximum absolute atomic E-state index is 11.7. The summed E-state index contributed by atoms with van der Waals surface area (Å²) in [6, 6.07) is 0.559. The van der Waals surface area contributed by atoms with Crippen LogP contribution in [0.2, 0.25) is 0 Å². The molecule has 10 nitrogen and oxygen atoms in total. The largest absolute Gasteiger partial charge is 0.480 e. The Balaban J connectivity index is 1.94. The molecule has 24 heavy (non-hydrogen) atoms. The van der Waals surface area contributed by atoms with Crippen molar-refractivity contribution in [1.29, 1.82) is 0 Å². The normalized spacial score (nSPS) is 25.6. The number of hydrogen-bond donors (Lipinski definition) is 4. The highest BCUT2D eigenvalue weighted by atomic mass is 31.2. The van der Waals surface area contributed by atoms with Crippen LogP contribution < -0.4 is 16.5 Å². The minimum absolute atomic E-state index is 0.0263. The summed E-state index contributed by atoms with van der Waals surface area (Å²) < 4.78 is 12.3. The molecule has 3 atom stereocenters. The van der Waals surface area contributed by atoms with Crippen LogP contribution in [0, 0.1) is 5.92 Å². The van der Waals surface area contributed by atoms with Crippen LogP contribution in [-0.2, 0) is 20.6 Å². The average Bonchev–Trinajstić information content (AvgIpc) is 2.49. The monoisotopic (exact) mass is 361 g/mol. The summed E-state index contributed by atoms with van der Waals surface area (Å²) in [6.07, 6.45) is 0.879. The first-order valence-electron chi connectivity index (χ1n) is 7.41. The number of anilines is 1. The Morgan fingerprint density at radius 1 is 1.62 bits per heavy atom. The Bertz CT molecular complexity index is 644. The SMILES string of the molecule is CC(C)[C@H](N[P+]1(O)CO[C@@H](Cn2ccc(N)nc2=O)CO1)C(=O)O. The number of nitrogens with zero attached hydrogens (tertiary/aromatic N) is 2. The van der Waals surface area contributed by atoms with Gasteiger partial charge in [-0.1, -0.05) is 13.8 Å². The van der Waals surface area contributed by atoms with E-state index in [1.165, 1.54) is 16.8 Å². The van der Waals surface area contributed by atoms with Gasteiger partial charge < -0.3 is 15.6 Å². The van der Waals surface area contributed by atoms with Gasteiger partial charge in [-0.3, -0.25) is 9.36 Å². The molecular weight excluding hydrogens is 339 g/mol. The van der Waals surface area contributed by atoms with E-state index in [2.05, 4.69) is 10.1 Å². The van der Waals surface area contributed by atoms with Gasteiger partial charge in [0.2, 0.25) is 6.35 Å². The van der Waals surface area contributed by atoms with E-state index < -0.39 is 31.7 Å². The molecule has 0 saturated carbocycles. The van der Waals surface area contributed by atoms with Gasteiger partial charge in [-0.15, -0.1) is 5.09 Å². The molecule has 134 valence electrons. The van der Waals surface area contributed by atoms with Crippen molar-refractivity contribution in [3.8, 4) is 0 Å². The van der Waals surface area contributed by atoms with Crippen LogP contribution in [0.25, 0.3) is 0 Å². The molecule has 0 aromatic carbocycles. The van der Waals surface area contributed by atoms with Gasteiger partial charge in [0, 0.05) is 6.20 Å². The van der Waals surface area contributed by atoms with Crippen LogP contribution in [-0.4, -0.2) is 50.6 Å². The van der Waals surface area contributed by atoms with Crippen molar-refractivity contribution in [3.05, 3.63) is 22.7 Å². The molecule has 0 radical (unpaired) electrons. The van der Waals surface area contributed by atoms with E-state index in [1.54, 1.807) is 13.8 Å². The zero-order valence-corrected chi connectivity index (χ0v) is 14.3. The molecule has 2 rings (SSSR count). The number of hydrogen-bond acceptors (Lipinski definition) is 8. The van der Waals surface area contributed by atoms with E-state index in [0.29, 0.717) is 0 Å². The fourth-order valence-corrected chi connectivity index (χ4v) is 4.08. The first-order valence-corrected chi connectivity index (χ1v) is 9.25. The van der Waals surface area contributed by atoms with Crippen LogP contribution in [0.15, 0.2) is 17.1 Å². The summed E-state index contributed by atoms with van der Waals surface area (Å²) in [5.74, 6) is -1.16. The lowest BCUT2D eigenvalue weighted by atomic mass is 10.1. The third-order valence-corrected chi connectivity index (χ3v) is 5.29. The van der Waals surface area contributed by atoms with Crippen molar-refractivity contribution in [1.82, 2.24) is 14.6 Å². The Kier molecular flexibility index (Phi) is 5.89. The van der Waals surface area contributed by atoms with Crippen LogP contribution in [0.1, 0.15) is 13.8 Å². The molecule has 2 heterocycles. The van der Waals surface area contributed by atoms with Gasteiger partial charge in [-0.2, -0.15) is 14.4 Å². The van der Waals surface area contributed by atoms with Gasteiger partial charge in [-0.05, 0) is 12.0 Å². The second-order valence-corrected chi connectivity index (χ2v) is 8.07. The second-order valence-electron chi connectivity index (χ2n) is 5.89. The van der Waals surface area contributed by atoms with Crippen LogP contribution in [0.4, 0.5) is 5.82 Å². The van der Waals surface area contributed by atoms with Gasteiger partial charge in [-0.25, -0.2) is 4.79 Å². The van der Waals surface area contributed by atoms with E-state index in [4.69, 9.17) is 15.0 Å². The summed E-state index contributed by atoms with van der Waals surface area (Å²) in [6.45, 7) is 3.68. The molecule has 1 unspecified atom stereocenters. The van der Waals surface area contributed by atoms with Crippen molar-refractivity contribution < 1.29 is 24.1 Å². The molecule has 1 aromatic heterocycles. The highest BCUT2D eigenvalue weighted by Crippen LogP contribution is 2.54. The van der Waals surface area contributed by atoms with Gasteiger partial charge in [0.1, 0.15) is 24.6 Å². The topological polar surface area (TPSA) is 149 Å². The maximum Gasteiger partial charge on any atom is 0.371 e. The number of nitrogens with one attached hydrogen (secondary N) is 1. The molecule has 0 spiro atoms. The molecule has 1 aromatic rings. The average molecular weight is 361 g/mol. The summed E-state index contributed by atoms with van der Waals surface area (Å²) >= 11 is 0. The van der Waals surface area contributed by atoms with Gasteiger partial charge in [0.15, 0.2) is 0 Å². The molecular formula is C13H22N4O6P+. The number of nitrogens with two attached hydrogens (primary N) is 1. The third-order valence-electron chi connectivity index (χ3n) is 3.53. The minimum Gasteiger partial charge on any atom is -0.480 e. The van der Waals surface area contributed by atoms with E-state index in [-0.39, 0.29) is 31.2 Å². The predicted octanol–water partition coefficient (Wildman–Crippen LogP) is -0.348.